The molecule has 0 aromatic heterocycles. The van der Waals surface area contributed by atoms with Crippen LogP contribution in [-0.2, 0) is 9.53 Å². The number of carbonyl (C=O) groups is 1. The smallest absolute Gasteiger partial charge is 0.305 e. The summed E-state index contributed by atoms with van der Waals surface area (Å²) in [6.07, 6.45) is 12.5. The summed E-state index contributed by atoms with van der Waals surface area (Å²) in [5.41, 5.74) is 0. The Labute approximate surface area is 129 Å². The molecule has 0 amide bonds. The highest BCUT2D eigenvalue weighted by molar-refractivity contribution is 5.69. The number of halogens is 1. The van der Waals surface area contributed by atoms with E-state index in [2.05, 4.69) is 6.92 Å². The second-order valence-electron chi connectivity index (χ2n) is 5.75. The van der Waals surface area contributed by atoms with E-state index in [1.54, 1.807) is 0 Å². The van der Waals surface area contributed by atoms with Gasteiger partial charge in [-0.15, -0.1) is 0 Å². The van der Waals surface area contributed by atoms with E-state index >= 15 is 0 Å². The third-order valence-electron chi connectivity index (χ3n) is 3.61. The Morgan fingerprint density at radius 3 is 1.90 bits per heavy atom. The van der Waals surface area contributed by atoms with Crippen LogP contribution < -0.4 is 0 Å². The van der Waals surface area contributed by atoms with Gasteiger partial charge in [-0.3, -0.25) is 4.79 Å². The van der Waals surface area contributed by atoms with Gasteiger partial charge in [-0.1, -0.05) is 71.1 Å². The topological polar surface area (TPSA) is 46.5 Å². The zero-order chi connectivity index (χ0) is 15.8. The normalized spacial score (nSPS) is 12.3. The van der Waals surface area contributed by atoms with E-state index in [0.717, 1.165) is 19.3 Å². The molecule has 0 aliphatic carbocycles. The molecule has 0 saturated heterocycles. The molecular weight excluding hydrogens is 271 g/mol. The first-order valence-corrected chi connectivity index (χ1v) is 8.61. The van der Waals surface area contributed by atoms with Gasteiger partial charge < -0.3 is 9.84 Å². The Bertz CT molecular complexity index is 234. The van der Waals surface area contributed by atoms with E-state index in [9.17, 15) is 9.18 Å². The van der Waals surface area contributed by atoms with Crippen molar-refractivity contribution in [2.75, 3.05) is 13.2 Å². The van der Waals surface area contributed by atoms with Crippen molar-refractivity contribution in [3.63, 3.8) is 0 Å². The van der Waals surface area contributed by atoms with Crippen LogP contribution in [-0.4, -0.2) is 30.5 Å². The van der Waals surface area contributed by atoms with Gasteiger partial charge in [0.2, 0.25) is 0 Å². The van der Waals surface area contributed by atoms with Gasteiger partial charge in [0.15, 0.2) is 6.17 Å². The molecule has 3 nitrogen and oxygen atoms in total. The van der Waals surface area contributed by atoms with Crippen LogP contribution in [0.3, 0.4) is 0 Å². The number of esters is 1. The van der Waals surface area contributed by atoms with Gasteiger partial charge in [-0.05, 0) is 6.42 Å². The molecule has 0 bridgehead atoms. The molecule has 4 heteroatoms. The summed E-state index contributed by atoms with van der Waals surface area (Å²) in [6, 6.07) is 0. The molecule has 0 spiro atoms. The Morgan fingerprint density at radius 2 is 1.43 bits per heavy atom. The van der Waals surface area contributed by atoms with Crippen LogP contribution in [0.25, 0.3) is 0 Å². The number of aliphatic hydroxyl groups excluding tert-OH is 1. The van der Waals surface area contributed by atoms with Crippen molar-refractivity contribution in [3.8, 4) is 0 Å². The second kappa shape index (κ2) is 15.7. The van der Waals surface area contributed by atoms with Crippen molar-refractivity contribution in [3.05, 3.63) is 0 Å². The van der Waals surface area contributed by atoms with Gasteiger partial charge in [-0.25, -0.2) is 4.39 Å². The monoisotopic (exact) mass is 304 g/mol. The van der Waals surface area contributed by atoms with Crippen LogP contribution in [0, 0.1) is 0 Å². The summed E-state index contributed by atoms with van der Waals surface area (Å²) >= 11 is 0. The molecule has 0 aliphatic heterocycles. The molecule has 21 heavy (non-hydrogen) atoms. The van der Waals surface area contributed by atoms with Crippen LogP contribution in [0.1, 0.15) is 84.0 Å². The maximum atomic E-state index is 12.6. The van der Waals surface area contributed by atoms with Gasteiger partial charge in [0.25, 0.3) is 0 Å². The fourth-order valence-corrected chi connectivity index (χ4v) is 2.24. The first-order valence-electron chi connectivity index (χ1n) is 8.61. The zero-order valence-electron chi connectivity index (χ0n) is 13.6. The Hall–Kier alpha value is -0.640. The highest BCUT2D eigenvalue weighted by Gasteiger charge is 2.08. The number of hydrogen-bond acceptors (Lipinski definition) is 3. The quantitative estimate of drug-likeness (QED) is 0.356. The summed E-state index contributed by atoms with van der Waals surface area (Å²) in [7, 11) is 0. The third-order valence-corrected chi connectivity index (χ3v) is 3.61. The highest BCUT2D eigenvalue weighted by atomic mass is 19.1. The minimum atomic E-state index is -1.45. The number of alkyl halides is 1. The summed E-state index contributed by atoms with van der Waals surface area (Å²) in [6.45, 7) is 1.32. The van der Waals surface area contributed by atoms with E-state index in [-0.39, 0.29) is 12.6 Å². The molecule has 0 aromatic carbocycles. The van der Waals surface area contributed by atoms with E-state index in [1.165, 1.54) is 51.4 Å². The highest BCUT2D eigenvalue weighted by Crippen LogP contribution is 2.12. The van der Waals surface area contributed by atoms with Gasteiger partial charge in [0.05, 0.1) is 6.61 Å². The Kier molecular flexibility index (Phi) is 15.3. The third kappa shape index (κ3) is 15.6. The lowest BCUT2D eigenvalue weighted by Gasteiger charge is -2.06. The average Bonchev–Trinajstić information content (AvgIpc) is 2.50. The predicted octanol–water partition coefficient (Wildman–Crippen LogP) is 4.56. The molecule has 0 aromatic rings. The molecule has 0 heterocycles. The molecule has 1 N–H and O–H groups in total. The van der Waals surface area contributed by atoms with Crippen molar-refractivity contribution in [2.24, 2.45) is 0 Å². The number of hydrogen-bond donors (Lipinski definition) is 1. The fraction of sp³-hybridized carbons (Fsp3) is 0.941. The van der Waals surface area contributed by atoms with E-state index in [0.29, 0.717) is 6.42 Å². The molecule has 0 saturated carbocycles. The maximum Gasteiger partial charge on any atom is 0.305 e. The molecule has 1 unspecified atom stereocenters. The van der Waals surface area contributed by atoms with Crippen molar-refractivity contribution in [1.29, 1.82) is 0 Å². The molecule has 1 atom stereocenters. The number of aliphatic hydroxyl groups is 1. The lowest BCUT2D eigenvalue weighted by molar-refractivity contribution is -0.145. The summed E-state index contributed by atoms with van der Waals surface area (Å²) < 4.78 is 17.3. The largest absolute Gasteiger partial charge is 0.462 e. The summed E-state index contributed by atoms with van der Waals surface area (Å²) in [5.74, 6) is -0.359. The van der Waals surface area contributed by atoms with Crippen LogP contribution in [0.5, 0.6) is 0 Å². The fourth-order valence-electron chi connectivity index (χ4n) is 2.24. The molecule has 126 valence electrons. The van der Waals surface area contributed by atoms with Gasteiger partial charge in [0, 0.05) is 6.42 Å². The number of carbonyl (C=O) groups excluding carboxylic acids is 1. The maximum absolute atomic E-state index is 12.6. The average molecular weight is 304 g/mol. The number of rotatable bonds is 15. The summed E-state index contributed by atoms with van der Waals surface area (Å²) in [4.78, 5) is 11.3. The SMILES string of the molecule is CCCCCCCCCCCCCC(=O)OCC(F)CO. The molecule has 0 aliphatic rings. The van der Waals surface area contributed by atoms with Crippen molar-refractivity contribution in [2.45, 2.75) is 90.1 Å². The minimum absolute atomic E-state index is 0.326. The molecule has 0 rings (SSSR count). The Balaban J connectivity index is 3.16. The standard InChI is InChI=1S/C17H33FO3/c1-2-3-4-5-6-7-8-9-10-11-12-13-17(20)21-15-16(18)14-19/h16,19H,2-15H2,1H3. The number of ether oxygens (including phenoxy) is 1. The predicted molar refractivity (Wildman–Crippen MR) is 84.0 cm³/mol. The first-order chi connectivity index (χ1) is 10.2. The second-order valence-corrected chi connectivity index (χ2v) is 5.75. The van der Waals surface area contributed by atoms with Crippen LogP contribution in [0.15, 0.2) is 0 Å². The first kappa shape index (κ1) is 20.4. The summed E-state index contributed by atoms with van der Waals surface area (Å²) in [5, 5.41) is 8.46. The Morgan fingerprint density at radius 1 is 0.952 bits per heavy atom. The van der Waals surface area contributed by atoms with Crippen molar-refractivity contribution >= 4 is 5.97 Å². The number of unbranched alkanes of at least 4 members (excludes halogenated alkanes) is 10. The van der Waals surface area contributed by atoms with Gasteiger partial charge in [0.1, 0.15) is 6.61 Å². The molecule has 0 fully saturated rings. The van der Waals surface area contributed by atoms with Gasteiger partial charge >= 0.3 is 5.97 Å². The van der Waals surface area contributed by atoms with Crippen molar-refractivity contribution in [1.82, 2.24) is 0 Å². The lowest BCUT2D eigenvalue weighted by atomic mass is 10.1. The van der Waals surface area contributed by atoms with E-state index in [1.807, 2.05) is 0 Å². The van der Waals surface area contributed by atoms with E-state index in [4.69, 9.17) is 9.84 Å². The van der Waals surface area contributed by atoms with Crippen LogP contribution in [0.2, 0.25) is 0 Å². The minimum Gasteiger partial charge on any atom is -0.462 e. The van der Waals surface area contributed by atoms with Gasteiger partial charge in [-0.2, -0.15) is 0 Å². The zero-order valence-corrected chi connectivity index (χ0v) is 13.6. The lowest BCUT2D eigenvalue weighted by Crippen LogP contribution is -2.17. The van der Waals surface area contributed by atoms with Crippen molar-refractivity contribution < 1.29 is 19.0 Å². The van der Waals surface area contributed by atoms with E-state index < -0.39 is 12.8 Å². The molecular formula is C17H33FO3. The molecule has 0 radical (unpaired) electrons. The van der Waals surface area contributed by atoms with Crippen LogP contribution in [0.4, 0.5) is 4.39 Å². The van der Waals surface area contributed by atoms with Crippen LogP contribution >= 0.6 is 0 Å².